The van der Waals surface area contributed by atoms with E-state index in [9.17, 15) is 13.2 Å². The lowest BCUT2D eigenvalue weighted by atomic mass is 10.2. The molecule has 0 fully saturated rings. The maximum Gasteiger partial charge on any atom is 0.239 e. The number of amides is 1. The molecule has 0 heterocycles. The normalized spacial score (nSPS) is 11.3. The molecule has 0 spiro atoms. The van der Waals surface area contributed by atoms with Crippen LogP contribution in [0, 0.1) is 6.92 Å². The first-order valence-electron chi connectivity index (χ1n) is 5.21. The van der Waals surface area contributed by atoms with Gasteiger partial charge in [-0.25, -0.2) is 8.42 Å². The third kappa shape index (κ3) is 4.75. The molecule has 1 aromatic carbocycles. The molecular formula is C11H14BrNO4S. The van der Waals surface area contributed by atoms with Crippen molar-refractivity contribution in [3.05, 3.63) is 28.2 Å². The van der Waals surface area contributed by atoms with Crippen molar-refractivity contribution in [2.75, 3.05) is 23.4 Å². The summed E-state index contributed by atoms with van der Waals surface area (Å²) in [6, 6.07) is 5.18. The fraction of sp³-hybridized carbons (Fsp3) is 0.364. The Balaban J connectivity index is 2.68. The molecule has 0 atom stereocenters. The average molecular weight is 336 g/mol. The van der Waals surface area contributed by atoms with E-state index in [1.165, 1.54) is 0 Å². The molecule has 0 bridgehead atoms. The molecule has 5 nitrogen and oxygen atoms in total. The first-order chi connectivity index (χ1) is 8.34. The van der Waals surface area contributed by atoms with E-state index in [0.29, 0.717) is 5.69 Å². The van der Waals surface area contributed by atoms with Crippen molar-refractivity contribution in [2.24, 2.45) is 0 Å². The second-order valence-corrected chi connectivity index (χ2v) is 6.87. The Morgan fingerprint density at radius 1 is 1.44 bits per heavy atom. The SMILES string of the molecule is Cc1cc(NC(=O)CS(=O)(=O)CCO)ccc1Br. The number of aliphatic hydroxyl groups excluding tert-OH is 1. The Morgan fingerprint density at radius 2 is 2.11 bits per heavy atom. The number of carbonyl (C=O) groups is 1. The minimum absolute atomic E-state index is 0.403. The second kappa shape index (κ2) is 6.31. The predicted molar refractivity (Wildman–Crippen MR) is 73.2 cm³/mol. The molecule has 1 rings (SSSR count). The van der Waals surface area contributed by atoms with Crippen LogP contribution in [0.15, 0.2) is 22.7 Å². The number of nitrogens with one attached hydrogen (secondary N) is 1. The zero-order valence-electron chi connectivity index (χ0n) is 9.81. The van der Waals surface area contributed by atoms with Gasteiger partial charge in [-0.05, 0) is 30.7 Å². The van der Waals surface area contributed by atoms with Crippen molar-refractivity contribution in [1.29, 1.82) is 0 Å². The molecule has 7 heteroatoms. The highest BCUT2D eigenvalue weighted by molar-refractivity contribution is 9.10. The van der Waals surface area contributed by atoms with E-state index in [1.54, 1.807) is 18.2 Å². The van der Waals surface area contributed by atoms with E-state index >= 15 is 0 Å². The molecule has 1 amide bonds. The van der Waals surface area contributed by atoms with Crippen molar-refractivity contribution in [3.8, 4) is 0 Å². The molecule has 1 aromatic rings. The Bertz CT molecular complexity index is 542. The molecule has 100 valence electrons. The van der Waals surface area contributed by atoms with E-state index in [0.717, 1.165) is 10.0 Å². The maximum absolute atomic E-state index is 11.5. The lowest BCUT2D eigenvalue weighted by Gasteiger charge is -2.07. The summed E-state index contributed by atoms with van der Waals surface area (Å²) in [5, 5.41) is 11.1. The van der Waals surface area contributed by atoms with Crippen molar-refractivity contribution in [2.45, 2.75) is 6.92 Å². The largest absolute Gasteiger partial charge is 0.395 e. The van der Waals surface area contributed by atoms with Gasteiger partial charge in [0, 0.05) is 10.2 Å². The lowest BCUT2D eigenvalue weighted by molar-refractivity contribution is -0.113. The summed E-state index contributed by atoms with van der Waals surface area (Å²) in [5.41, 5.74) is 1.48. The zero-order valence-corrected chi connectivity index (χ0v) is 12.2. The van der Waals surface area contributed by atoms with Crippen LogP contribution in [0.3, 0.4) is 0 Å². The minimum Gasteiger partial charge on any atom is -0.395 e. The Hall–Kier alpha value is -0.920. The molecular weight excluding hydrogens is 322 g/mol. The number of sulfone groups is 1. The number of carbonyl (C=O) groups excluding carboxylic acids is 1. The first kappa shape index (κ1) is 15.1. The summed E-state index contributed by atoms with van der Waals surface area (Å²) in [6.07, 6.45) is 0. The summed E-state index contributed by atoms with van der Waals surface area (Å²) >= 11 is 3.33. The Labute approximate surface area is 114 Å². The van der Waals surface area contributed by atoms with Gasteiger partial charge in [0.15, 0.2) is 9.84 Å². The molecule has 0 unspecified atom stereocenters. The van der Waals surface area contributed by atoms with Gasteiger partial charge in [-0.1, -0.05) is 15.9 Å². The third-order valence-corrected chi connectivity index (χ3v) is 4.59. The van der Waals surface area contributed by atoms with Gasteiger partial charge in [-0.3, -0.25) is 4.79 Å². The highest BCUT2D eigenvalue weighted by Gasteiger charge is 2.16. The van der Waals surface area contributed by atoms with Gasteiger partial charge < -0.3 is 10.4 Å². The van der Waals surface area contributed by atoms with Crippen molar-refractivity contribution >= 4 is 37.4 Å². The molecule has 0 aromatic heterocycles. The molecule has 2 N–H and O–H groups in total. The quantitative estimate of drug-likeness (QED) is 0.844. The van der Waals surface area contributed by atoms with E-state index in [2.05, 4.69) is 21.2 Å². The van der Waals surface area contributed by atoms with Crippen molar-refractivity contribution in [3.63, 3.8) is 0 Å². The van der Waals surface area contributed by atoms with Crippen molar-refractivity contribution < 1.29 is 18.3 Å². The number of aliphatic hydroxyl groups is 1. The fourth-order valence-electron chi connectivity index (χ4n) is 1.33. The summed E-state index contributed by atoms with van der Waals surface area (Å²) in [7, 11) is -3.54. The van der Waals surface area contributed by atoms with Crippen LogP contribution in [0.2, 0.25) is 0 Å². The van der Waals surface area contributed by atoms with Crippen LogP contribution >= 0.6 is 15.9 Å². The van der Waals surface area contributed by atoms with Crippen LogP contribution in [-0.2, 0) is 14.6 Å². The van der Waals surface area contributed by atoms with Gasteiger partial charge in [0.05, 0.1) is 12.4 Å². The lowest BCUT2D eigenvalue weighted by Crippen LogP contribution is -2.25. The smallest absolute Gasteiger partial charge is 0.239 e. The van der Waals surface area contributed by atoms with E-state index < -0.39 is 33.9 Å². The molecule has 18 heavy (non-hydrogen) atoms. The van der Waals surface area contributed by atoms with Gasteiger partial charge in [0.25, 0.3) is 0 Å². The summed E-state index contributed by atoms with van der Waals surface area (Å²) < 4.78 is 23.6. The van der Waals surface area contributed by atoms with Crippen LogP contribution in [0.5, 0.6) is 0 Å². The fourth-order valence-corrected chi connectivity index (χ4v) is 2.47. The van der Waals surface area contributed by atoms with Crippen LogP contribution in [0.1, 0.15) is 5.56 Å². The second-order valence-electron chi connectivity index (χ2n) is 3.83. The minimum atomic E-state index is -3.54. The number of halogens is 1. The van der Waals surface area contributed by atoms with Crippen LogP contribution < -0.4 is 5.32 Å². The molecule has 0 saturated heterocycles. The van der Waals surface area contributed by atoms with Gasteiger partial charge in [0.1, 0.15) is 5.75 Å². The highest BCUT2D eigenvalue weighted by Crippen LogP contribution is 2.19. The van der Waals surface area contributed by atoms with Gasteiger partial charge in [-0.15, -0.1) is 0 Å². The average Bonchev–Trinajstić information content (AvgIpc) is 2.22. The van der Waals surface area contributed by atoms with Crippen LogP contribution in [0.25, 0.3) is 0 Å². The van der Waals surface area contributed by atoms with Crippen molar-refractivity contribution in [1.82, 2.24) is 0 Å². The monoisotopic (exact) mass is 335 g/mol. The molecule has 0 aliphatic carbocycles. The molecule has 0 aliphatic heterocycles. The van der Waals surface area contributed by atoms with Gasteiger partial charge in [-0.2, -0.15) is 0 Å². The van der Waals surface area contributed by atoms with Crippen LogP contribution in [-0.4, -0.2) is 37.5 Å². The number of aryl methyl sites for hydroxylation is 1. The van der Waals surface area contributed by atoms with E-state index in [-0.39, 0.29) is 0 Å². The van der Waals surface area contributed by atoms with E-state index in [4.69, 9.17) is 5.11 Å². The van der Waals surface area contributed by atoms with Gasteiger partial charge in [0.2, 0.25) is 5.91 Å². The first-order valence-corrected chi connectivity index (χ1v) is 7.83. The molecule has 0 aliphatic rings. The standard InChI is InChI=1S/C11H14BrNO4S/c1-8-6-9(2-3-10(8)12)13-11(15)7-18(16,17)5-4-14/h2-3,6,14H,4-5,7H2,1H3,(H,13,15). The Morgan fingerprint density at radius 3 is 2.67 bits per heavy atom. The van der Waals surface area contributed by atoms with Crippen LogP contribution in [0.4, 0.5) is 5.69 Å². The highest BCUT2D eigenvalue weighted by atomic mass is 79.9. The third-order valence-electron chi connectivity index (χ3n) is 2.19. The number of anilines is 1. The summed E-state index contributed by atoms with van der Waals surface area (Å²) in [4.78, 5) is 11.5. The predicted octanol–water partition coefficient (Wildman–Crippen LogP) is 1.10. The number of rotatable bonds is 5. The summed E-state index contributed by atoms with van der Waals surface area (Å²) in [5.74, 6) is -1.63. The Kier molecular flexibility index (Phi) is 5.30. The maximum atomic E-state index is 11.5. The van der Waals surface area contributed by atoms with E-state index in [1.807, 2.05) is 6.92 Å². The topological polar surface area (TPSA) is 83.5 Å². The molecule has 0 saturated carbocycles. The summed E-state index contributed by atoms with van der Waals surface area (Å²) in [6.45, 7) is 1.38. The number of hydrogen-bond donors (Lipinski definition) is 2. The zero-order chi connectivity index (χ0) is 13.8. The van der Waals surface area contributed by atoms with Gasteiger partial charge >= 0.3 is 0 Å². The molecule has 0 radical (unpaired) electrons. The number of hydrogen-bond acceptors (Lipinski definition) is 4. The number of benzene rings is 1.